The molecule has 0 fully saturated rings. The number of carbonyl (C=O) groups excluding carboxylic acids is 2. The Hall–Kier alpha value is -2.80. The van der Waals surface area contributed by atoms with Crippen molar-refractivity contribution in [1.82, 2.24) is 10.6 Å². The quantitative estimate of drug-likeness (QED) is 0.829. The maximum absolute atomic E-state index is 14.2. The van der Waals surface area contributed by atoms with Crippen LogP contribution in [0.4, 0.5) is 14.5 Å². The number of nitrogens with zero attached hydrogens (tertiary/aromatic N) is 1. The average molecular weight is 387 g/mol. The zero-order chi connectivity index (χ0) is 20.3. The van der Waals surface area contributed by atoms with E-state index >= 15 is 0 Å². The number of para-hydroxylation sites is 1. The first kappa shape index (κ1) is 19.9. The van der Waals surface area contributed by atoms with E-state index in [1.165, 1.54) is 4.90 Å². The van der Waals surface area contributed by atoms with Gasteiger partial charge in [-0.25, -0.2) is 8.78 Å². The molecule has 2 aromatic rings. The van der Waals surface area contributed by atoms with Crippen LogP contribution in [0.25, 0.3) is 0 Å². The number of halogens is 2. The third-order valence-corrected chi connectivity index (χ3v) is 5.03. The molecule has 148 valence electrons. The van der Waals surface area contributed by atoms with Crippen molar-refractivity contribution in [3.05, 3.63) is 65.2 Å². The third-order valence-electron chi connectivity index (χ3n) is 5.03. The molecule has 2 amide bonds. The number of carbonyl (C=O) groups is 2. The highest BCUT2D eigenvalue weighted by atomic mass is 19.1. The molecule has 7 heteroatoms. The highest BCUT2D eigenvalue weighted by Gasteiger charge is 2.32. The number of amides is 2. The summed E-state index contributed by atoms with van der Waals surface area (Å²) in [5.41, 5.74) is 1.65. The highest BCUT2D eigenvalue weighted by Crippen LogP contribution is 2.29. The van der Waals surface area contributed by atoms with E-state index < -0.39 is 23.7 Å². The predicted molar refractivity (Wildman–Crippen MR) is 103 cm³/mol. The second-order valence-corrected chi connectivity index (χ2v) is 6.90. The van der Waals surface area contributed by atoms with E-state index in [2.05, 4.69) is 10.6 Å². The van der Waals surface area contributed by atoms with Gasteiger partial charge in [-0.05, 0) is 56.6 Å². The van der Waals surface area contributed by atoms with Crippen molar-refractivity contribution in [3.8, 4) is 0 Å². The summed E-state index contributed by atoms with van der Waals surface area (Å²) in [5, 5.41) is 5.61. The van der Waals surface area contributed by atoms with Gasteiger partial charge in [-0.2, -0.15) is 0 Å². The summed E-state index contributed by atoms with van der Waals surface area (Å²) < 4.78 is 27.8. The van der Waals surface area contributed by atoms with Gasteiger partial charge in [0, 0.05) is 11.3 Å². The monoisotopic (exact) mass is 387 g/mol. The Bertz CT molecular complexity index is 888. The number of anilines is 1. The third kappa shape index (κ3) is 4.20. The van der Waals surface area contributed by atoms with Crippen LogP contribution in [0.5, 0.6) is 0 Å². The number of aryl methyl sites for hydroxylation is 1. The van der Waals surface area contributed by atoms with Crippen LogP contribution in [-0.4, -0.2) is 30.9 Å². The van der Waals surface area contributed by atoms with Crippen LogP contribution < -0.4 is 15.5 Å². The fourth-order valence-electron chi connectivity index (χ4n) is 3.28. The standard InChI is InChI=1S/C21H23F2N3O2/c1-13(24-2)20(27)25-18-10-7-14-5-3-4-6-19(14)26(21(18)28)12-15-11-16(22)8-9-17(15)23/h3-6,8-9,11,13,18,24H,7,10,12H2,1-2H3,(H,25,27). The Balaban J connectivity index is 1.94. The molecule has 0 aromatic heterocycles. The molecule has 1 aliphatic heterocycles. The molecular weight excluding hydrogens is 364 g/mol. The molecule has 1 heterocycles. The van der Waals surface area contributed by atoms with E-state index in [-0.39, 0.29) is 23.9 Å². The molecule has 3 rings (SSSR count). The van der Waals surface area contributed by atoms with Crippen molar-refractivity contribution in [2.75, 3.05) is 11.9 Å². The summed E-state index contributed by atoms with van der Waals surface area (Å²) in [5.74, 6) is -1.78. The van der Waals surface area contributed by atoms with Gasteiger partial charge >= 0.3 is 0 Å². The maximum Gasteiger partial charge on any atom is 0.249 e. The van der Waals surface area contributed by atoms with Gasteiger partial charge in [0.25, 0.3) is 0 Å². The molecular formula is C21H23F2N3O2. The second kappa shape index (κ2) is 8.48. The summed E-state index contributed by atoms with van der Waals surface area (Å²) in [6.45, 7) is 1.58. The van der Waals surface area contributed by atoms with Crippen LogP contribution in [-0.2, 0) is 22.6 Å². The summed E-state index contributed by atoms with van der Waals surface area (Å²) >= 11 is 0. The normalized spacial score (nSPS) is 17.6. The molecule has 0 saturated carbocycles. The lowest BCUT2D eigenvalue weighted by atomic mass is 10.1. The Morgan fingerprint density at radius 1 is 1.25 bits per heavy atom. The van der Waals surface area contributed by atoms with Crippen LogP contribution in [0.3, 0.4) is 0 Å². The number of rotatable bonds is 5. The van der Waals surface area contributed by atoms with E-state index in [9.17, 15) is 18.4 Å². The van der Waals surface area contributed by atoms with Crippen LogP contribution >= 0.6 is 0 Å². The van der Waals surface area contributed by atoms with E-state index in [1.54, 1.807) is 26.1 Å². The van der Waals surface area contributed by atoms with Crippen molar-refractivity contribution in [2.45, 2.75) is 38.4 Å². The molecule has 28 heavy (non-hydrogen) atoms. The fourth-order valence-corrected chi connectivity index (χ4v) is 3.28. The van der Waals surface area contributed by atoms with Crippen molar-refractivity contribution in [3.63, 3.8) is 0 Å². The number of nitrogens with one attached hydrogen (secondary N) is 2. The fraction of sp³-hybridized carbons (Fsp3) is 0.333. The lowest BCUT2D eigenvalue weighted by Gasteiger charge is -2.27. The highest BCUT2D eigenvalue weighted by molar-refractivity contribution is 6.00. The first-order valence-electron chi connectivity index (χ1n) is 9.21. The number of hydrogen-bond acceptors (Lipinski definition) is 3. The molecule has 0 radical (unpaired) electrons. The van der Waals surface area contributed by atoms with E-state index in [0.717, 1.165) is 23.8 Å². The van der Waals surface area contributed by atoms with Crippen molar-refractivity contribution < 1.29 is 18.4 Å². The lowest BCUT2D eigenvalue weighted by Crippen LogP contribution is -2.52. The first-order chi connectivity index (χ1) is 13.4. The molecule has 2 N–H and O–H groups in total. The minimum absolute atomic E-state index is 0.0822. The molecule has 0 spiro atoms. The van der Waals surface area contributed by atoms with Crippen molar-refractivity contribution >= 4 is 17.5 Å². The zero-order valence-corrected chi connectivity index (χ0v) is 15.8. The minimum Gasteiger partial charge on any atom is -0.343 e. The molecule has 2 atom stereocenters. The minimum atomic E-state index is -0.743. The Morgan fingerprint density at radius 2 is 2.00 bits per heavy atom. The van der Waals surface area contributed by atoms with E-state index in [0.29, 0.717) is 18.5 Å². The Morgan fingerprint density at radius 3 is 2.75 bits per heavy atom. The summed E-state index contributed by atoms with van der Waals surface area (Å²) in [7, 11) is 1.66. The zero-order valence-electron chi connectivity index (χ0n) is 15.8. The van der Waals surface area contributed by atoms with Crippen molar-refractivity contribution in [1.29, 1.82) is 0 Å². The Kier molecular flexibility index (Phi) is 6.04. The SMILES string of the molecule is CNC(C)C(=O)NC1CCc2ccccc2N(Cc2cc(F)ccc2F)C1=O. The summed E-state index contributed by atoms with van der Waals surface area (Å²) in [4.78, 5) is 26.9. The number of benzene rings is 2. The molecule has 0 saturated heterocycles. The molecule has 2 aromatic carbocycles. The molecule has 1 aliphatic rings. The second-order valence-electron chi connectivity index (χ2n) is 6.90. The van der Waals surface area contributed by atoms with Crippen LogP contribution in [0, 0.1) is 11.6 Å². The van der Waals surface area contributed by atoms with Gasteiger partial charge in [0.15, 0.2) is 0 Å². The van der Waals surface area contributed by atoms with Gasteiger partial charge in [-0.15, -0.1) is 0 Å². The molecule has 0 aliphatic carbocycles. The largest absolute Gasteiger partial charge is 0.343 e. The molecule has 5 nitrogen and oxygen atoms in total. The summed E-state index contributed by atoms with van der Waals surface area (Å²) in [6.07, 6.45) is 1.02. The van der Waals surface area contributed by atoms with Gasteiger partial charge < -0.3 is 15.5 Å². The van der Waals surface area contributed by atoms with Crippen LogP contribution in [0.2, 0.25) is 0 Å². The van der Waals surface area contributed by atoms with Gasteiger partial charge in [0.2, 0.25) is 11.8 Å². The van der Waals surface area contributed by atoms with Crippen LogP contribution in [0.15, 0.2) is 42.5 Å². The van der Waals surface area contributed by atoms with E-state index in [4.69, 9.17) is 0 Å². The van der Waals surface area contributed by atoms with E-state index in [1.807, 2.05) is 12.1 Å². The lowest BCUT2D eigenvalue weighted by molar-refractivity contribution is -0.128. The number of hydrogen-bond donors (Lipinski definition) is 2. The maximum atomic E-state index is 14.2. The van der Waals surface area contributed by atoms with Gasteiger partial charge in [-0.1, -0.05) is 18.2 Å². The van der Waals surface area contributed by atoms with Gasteiger partial charge in [0.05, 0.1) is 12.6 Å². The first-order valence-corrected chi connectivity index (χ1v) is 9.21. The van der Waals surface area contributed by atoms with Gasteiger partial charge in [-0.3, -0.25) is 9.59 Å². The number of fused-ring (bicyclic) bond motifs is 1. The summed E-state index contributed by atoms with van der Waals surface area (Å²) in [6, 6.07) is 9.33. The average Bonchev–Trinajstić information content (AvgIpc) is 2.82. The topological polar surface area (TPSA) is 61.4 Å². The molecule has 2 unspecified atom stereocenters. The smallest absolute Gasteiger partial charge is 0.249 e. The van der Waals surface area contributed by atoms with Crippen molar-refractivity contribution in [2.24, 2.45) is 0 Å². The molecule has 0 bridgehead atoms. The Labute approximate surface area is 162 Å². The predicted octanol–water partition coefficient (Wildman–Crippen LogP) is 2.54. The number of likely N-dealkylation sites (N-methyl/N-ethyl adjacent to an activating group) is 1. The van der Waals surface area contributed by atoms with Crippen LogP contribution in [0.1, 0.15) is 24.5 Å². The van der Waals surface area contributed by atoms with Gasteiger partial charge in [0.1, 0.15) is 17.7 Å².